The SMILES string of the molecule is C[C@H]1c2ccsc2CCN1c1ncc(S(N)(=O)=O)s1. The van der Waals surface area contributed by atoms with Crippen LogP contribution in [0.5, 0.6) is 0 Å². The van der Waals surface area contributed by atoms with Crippen LogP contribution in [-0.4, -0.2) is 19.9 Å². The molecule has 3 rings (SSSR count). The first-order chi connectivity index (χ1) is 8.97. The molecule has 2 aromatic heterocycles. The van der Waals surface area contributed by atoms with Crippen LogP contribution in [-0.2, 0) is 16.4 Å². The summed E-state index contributed by atoms with van der Waals surface area (Å²) in [5.41, 5.74) is 1.31. The topological polar surface area (TPSA) is 76.3 Å². The van der Waals surface area contributed by atoms with Crippen molar-refractivity contribution in [3.05, 3.63) is 28.1 Å². The van der Waals surface area contributed by atoms with Gasteiger partial charge < -0.3 is 4.90 Å². The smallest absolute Gasteiger partial charge is 0.249 e. The van der Waals surface area contributed by atoms with Crippen molar-refractivity contribution < 1.29 is 8.42 Å². The van der Waals surface area contributed by atoms with Gasteiger partial charge in [-0.25, -0.2) is 18.5 Å². The first-order valence-electron chi connectivity index (χ1n) is 5.78. The number of thiazole rings is 1. The van der Waals surface area contributed by atoms with Gasteiger partial charge in [0.25, 0.3) is 0 Å². The van der Waals surface area contributed by atoms with Gasteiger partial charge in [0.05, 0.1) is 12.2 Å². The van der Waals surface area contributed by atoms with Crippen LogP contribution in [0.1, 0.15) is 23.4 Å². The standard InChI is InChI=1S/C11H13N3O2S3/c1-7-8-3-5-17-9(8)2-4-14(7)11-13-6-10(18-11)19(12,15)16/h3,5-7H,2,4H2,1H3,(H2,12,15,16)/t7-/m0/s1. The molecule has 5 nitrogen and oxygen atoms in total. The summed E-state index contributed by atoms with van der Waals surface area (Å²) in [7, 11) is -3.66. The number of nitrogens with zero attached hydrogens (tertiary/aromatic N) is 2. The molecule has 0 saturated carbocycles. The van der Waals surface area contributed by atoms with Crippen molar-refractivity contribution in [2.45, 2.75) is 23.6 Å². The molecule has 1 aliphatic heterocycles. The second-order valence-corrected chi connectivity index (χ2v) is 8.22. The summed E-state index contributed by atoms with van der Waals surface area (Å²) >= 11 is 2.91. The average Bonchev–Trinajstić information content (AvgIpc) is 2.96. The van der Waals surface area contributed by atoms with Gasteiger partial charge in [0.15, 0.2) is 9.34 Å². The van der Waals surface area contributed by atoms with Crippen LogP contribution >= 0.6 is 22.7 Å². The van der Waals surface area contributed by atoms with Crippen LogP contribution in [0, 0.1) is 0 Å². The highest BCUT2D eigenvalue weighted by molar-refractivity contribution is 7.91. The Morgan fingerprint density at radius 3 is 3.00 bits per heavy atom. The number of fused-ring (bicyclic) bond motifs is 1. The second kappa shape index (κ2) is 4.55. The fourth-order valence-corrected chi connectivity index (χ4v) is 4.89. The van der Waals surface area contributed by atoms with E-state index >= 15 is 0 Å². The van der Waals surface area contributed by atoms with Crippen molar-refractivity contribution in [1.29, 1.82) is 0 Å². The van der Waals surface area contributed by atoms with Crippen molar-refractivity contribution in [3.8, 4) is 0 Å². The van der Waals surface area contributed by atoms with Crippen molar-refractivity contribution in [2.75, 3.05) is 11.4 Å². The molecule has 0 spiro atoms. The van der Waals surface area contributed by atoms with Crippen molar-refractivity contribution in [2.24, 2.45) is 5.14 Å². The van der Waals surface area contributed by atoms with Gasteiger partial charge >= 0.3 is 0 Å². The summed E-state index contributed by atoms with van der Waals surface area (Å²) in [5.74, 6) is 0. The summed E-state index contributed by atoms with van der Waals surface area (Å²) in [4.78, 5) is 7.75. The van der Waals surface area contributed by atoms with Gasteiger partial charge in [-0.15, -0.1) is 11.3 Å². The zero-order valence-corrected chi connectivity index (χ0v) is 12.7. The Bertz CT molecular complexity index is 704. The zero-order chi connectivity index (χ0) is 13.6. The normalized spacial score (nSPS) is 19.5. The molecule has 1 aliphatic rings. The van der Waals surface area contributed by atoms with E-state index in [9.17, 15) is 8.42 Å². The highest BCUT2D eigenvalue weighted by Gasteiger charge is 2.27. The van der Waals surface area contributed by atoms with E-state index in [0.29, 0.717) is 5.13 Å². The fraction of sp³-hybridized carbons (Fsp3) is 0.364. The second-order valence-electron chi connectivity index (χ2n) is 4.43. The Morgan fingerprint density at radius 1 is 1.53 bits per heavy atom. The number of nitrogens with two attached hydrogens (primary N) is 1. The van der Waals surface area contributed by atoms with Crippen molar-refractivity contribution >= 4 is 37.8 Å². The molecule has 8 heteroatoms. The molecule has 0 fully saturated rings. The highest BCUT2D eigenvalue weighted by atomic mass is 32.2. The predicted octanol–water partition coefficient (Wildman–Crippen LogP) is 1.98. The summed E-state index contributed by atoms with van der Waals surface area (Å²) in [6, 6.07) is 2.35. The third kappa shape index (κ3) is 2.29. The first kappa shape index (κ1) is 13.0. The molecule has 0 radical (unpaired) electrons. The summed E-state index contributed by atoms with van der Waals surface area (Å²) in [6.07, 6.45) is 2.31. The fourth-order valence-electron chi connectivity index (χ4n) is 2.29. The minimum atomic E-state index is -3.66. The van der Waals surface area contributed by atoms with Crippen LogP contribution in [0.25, 0.3) is 0 Å². The quantitative estimate of drug-likeness (QED) is 0.919. The van der Waals surface area contributed by atoms with Gasteiger partial charge in [0.1, 0.15) is 0 Å². The third-order valence-electron chi connectivity index (χ3n) is 3.28. The van der Waals surface area contributed by atoms with E-state index in [-0.39, 0.29) is 10.3 Å². The van der Waals surface area contributed by atoms with Crippen molar-refractivity contribution in [3.63, 3.8) is 0 Å². The van der Waals surface area contributed by atoms with Crippen LogP contribution in [0.2, 0.25) is 0 Å². The lowest BCUT2D eigenvalue weighted by atomic mass is 10.0. The Balaban J connectivity index is 1.94. The van der Waals surface area contributed by atoms with Crippen molar-refractivity contribution in [1.82, 2.24) is 4.98 Å². The van der Waals surface area contributed by atoms with E-state index in [1.807, 2.05) is 0 Å². The van der Waals surface area contributed by atoms with Gasteiger partial charge in [-0.2, -0.15) is 0 Å². The third-order valence-corrected chi connectivity index (χ3v) is 6.71. The van der Waals surface area contributed by atoms with Gasteiger partial charge in [-0.1, -0.05) is 11.3 Å². The number of rotatable bonds is 2. The molecule has 1 atom stereocenters. The minimum Gasteiger partial charge on any atom is -0.341 e. The molecule has 2 N–H and O–H groups in total. The van der Waals surface area contributed by atoms with Crippen LogP contribution < -0.4 is 10.0 Å². The maximum Gasteiger partial charge on any atom is 0.249 e. The number of aromatic nitrogens is 1. The summed E-state index contributed by atoms with van der Waals surface area (Å²) < 4.78 is 22.7. The lowest BCUT2D eigenvalue weighted by Crippen LogP contribution is -2.32. The predicted molar refractivity (Wildman–Crippen MR) is 77.3 cm³/mol. The number of primary sulfonamides is 1. The lowest BCUT2D eigenvalue weighted by molar-refractivity contribution is 0.599. The van der Waals surface area contributed by atoms with E-state index in [2.05, 4.69) is 28.3 Å². The van der Waals surface area contributed by atoms with Gasteiger partial charge in [-0.05, 0) is 30.4 Å². The maximum atomic E-state index is 11.3. The van der Waals surface area contributed by atoms with Crippen LogP contribution in [0.4, 0.5) is 5.13 Å². The highest BCUT2D eigenvalue weighted by Crippen LogP contribution is 2.37. The number of hydrogen-bond donors (Lipinski definition) is 1. The zero-order valence-electron chi connectivity index (χ0n) is 10.2. The largest absolute Gasteiger partial charge is 0.341 e. The summed E-state index contributed by atoms with van der Waals surface area (Å²) in [5, 5.41) is 7.94. The van der Waals surface area contributed by atoms with E-state index in [1.54, 1.807) is 11.3 Å². The molecular weight excluding hydrogens is 302 g/mol. The Labute approximate surface area is 119 Å². The minimum absolute atomic E-state index is 0.116. The Morgan fingerprint density at radius 2 is 2.32 bits per heavy atom. The monoisotopic (exact) mass is 315 g/mol. The van der Waals surface area contributed by atoms with Gasteiger partial charge in [0, 0.05) is 11.4 Å². The molecule has 19 heavy (non-hydrogen) atoms. The Kier molecular flexibility index (Phi) is 3.12. The molecule has 0 aliphatic carbocycles. The number of anilines is 1. The molecule has 0 amide bonds. The number of sulfonamides is 1. The number of thiophene rings is 1. The molecular formula is C11H13N3O2S3. The molecule has 102 valence electrons. The molecule has 0 unspecified atom stereocenters. The van der Waals surface area contributed by atoms with Crippen LogP contribution in [0.15, 0.2) is 21.9 Å². The van der Waals surface area contributed by atoms with Crippen LogP contribution in [0.3, 0.4) is 0 Å². The Hall–Kier alpha value is -0.960. The average molecular weight is 315 g/mol. The lowest BCUT2D eigenvalue weighted by Gasteiger charge is -2.33. The summed E-state index contributed by atoms with van der Waals surface area (Å²) in [6.45, 7) is 2.97. The molecule has 0 saturated heterocycles. The molecule has 3 heterocycles. The van der Waals surface area contributed by atoms with Gasteiger partial charge in [0.2, 0.25) is 10.0 Å². The van der Waals surface area contributed by atoms with Gasteiger partial charge in [-0.3, -0.25) is 0 Å². The maximum absolute atomic E-state index is 11.3. The van der Waals surface area contributed by atoms with E-state index in [0.717, 1.165) is 24.3 Å². The molecule has 0 aromatic carbocycles. The molecule has 2 aromatic rings. The number of hydrogen-bond acceptors (Lipinski definition) is 6. The van der Waals surface area contributed by atoms with E-state index in [4.69, 9.17) is 5.14 Å². The van der Waals surface area contributed by atoms with E-state index < -0.39 is 10.0 Å². The van der Waals surface area contributed by atoms with E-state index in [1.165, 1.54) is 16.6 Å². The molecule has 0 bridgehead atoms. The first-order valence-corrected chi connectivity index (χ1v) is 9.02.